The van der Waals surface area contributed by atoms with Crippen LogP contribution in [-0.2, 0) is 6.54 Å². The van der Waals surface area contributed by atoms with Gasteiger partial charge >= 0.3 is 0 Å². The molecule has 2 aromatic rings. The van der Waals surface area contributed by atoms with Gasteiger partial charge in [-0.3, -0.25) is 9.36 Å². The summed E-state index contributed by atoms with van der Waals surface area (Å²) in [5, 5.41) is 10.3. The van der Waals surface area contributed by atoms with Gasteiger partial charge in [-0.1, -0.05) is 15.9 Å². The van der Waals surface area contributed by atoms with E-state index in [1.807, 2.05) is 6.07 Å². The van der Waals surface area contributed by atoms with Gasteiger partial charge in [0, 0.05) is 11.0 Å². The van der Waals surface area contributed by atoms with E-state index in [-0.39, 0.29) is 5.56 Å². The Kier molecular flexibility index (Phi) is 2.12. The largest absolute Gasteiger partial charge is 0.385 e. The van der Waals surface area contributed by atoms with Crippen LogP contribution in [0.4, 0.5) is 0 Å². The minimum atomic E-state index is -0.610. The molecular formula is C11H9BrN2O2. The summed E-state index contributed by atoms with van der Waals surface area (Å²) < 4.78 is 2.41. The lowest BCUT2D eigenvalue weighted by atomic mass is 10.2. The van der Waals surface area contributed by atoms with Crippen LogP contribution in [0.25, 0.3) is 10.9 Å². The van der Waals surface area contributed by atoms with Crippen LogP contribution in [0.5, 0.6) is 0 Å². The molecule has 0 amide bonds. The number of aliphatic hydroxyl groups excluding tert-OH is 1. The van der Waals surface area contributed by atoms with Crippen molar-refractivity contribution >= 4 is 26.8 Å². The number of hydrogen-bond donors (Lipinski definition) is 1. The highest BCUT2D eigenvalue weighted by atomic mass is 79.9. The van der Waals surface area contributed by atoms with Crippen LogP contribution >= 0.6 is 15.9 Å². The molecule has 1 aliphatic heterocycles. The van der Waals surface area contributed by atoms with E-state index in [1.54, 1.807) is 16.7 Å². The van der Waals surface area contributed by atoms with E-state index in [0.717, 1.165) is 4.47 Å². The predicted molar refractivity (Wildman–Crippen MR) is 63.3 cm³/mol. The van der Waals surface area contributed by atoms with Crippen molar-refractivity contribution in [2.24, 2.45) is 0 Å². The maximum atomic E-state index is 12.1. The van der Waals surface area contributed by atoms with Crippen LogP contribution < -0.4 is 5.56 Å². The second-order valence-electron chi connectivity index (χ2n) is 3.89. The average molecular weight is 281 g/mol. The molecule has 1 aliphatic rings. The topological polar surface area (TPSA) is 55.1 Å². The number of aliphatic hydroxyl groups is 1. The van der Waals surface area contributed by atoms with Crippen LogP contribution in [0, 0.1) is 0 Å². The number of halogens is 1. The van der Waals surface area contributed by atoms with Crippen molar-refractivity contribution in [3.8, 4) is 0 Å². The Hall–Kier alpha value is -1.20. The fraction of sp³-hybridized carbons (Fsp3) is 0.273. The summed E-state index contributed by atoms with van der Waals surface area (Å²) in [6, 6.07) is 5.39. The Morgan fingerprint density at radius 3 is 3.12 bits per heavy atom. The summed E-state index contributed by atoms with van der Waals surface area (Å²) in [7, 11) is 0. The molecule has 0 spiro atoms. The number of nitrogens with zero attached hydrogens (tertiary/aromatic N) is 2. The van der Waals surface area contributed by atoms with E-state index < -0.39 is 6.10 Å². The zero-order valence-corrected chi connectivity index (χ0v) is 9.94. The quantitative estimate of drug-likeness (QED) is 0.798. The van der Waals surface area contributed by atoms with Gasteiger partial charge in [-0.25, -0.2) is 4.98 Å². The number of hydrogen-bond acceptors (Lipinski definition) is 3. The third kappa shape index (κ3) is 1.32. The summed E-state index contributed by atoms with van der Waals surface area (Å²) in [6.45, 7) is 0.546. The summed E-state index contributed by atoms with van der Waals surface area (Å²) in [6.07, 6.45) is -0.0412. The summed E-state index contributed by atoms with van der Waals surface area (Å²) in [5.41, 5.74) is 0.568. The fourth-order valence-electron chi connectivity index (χ4n) is 2.06. The first-order valence-corrected chi connectivity index (χ1v) is 5.84. The number of benzene rings is 1. The molecule has 0 radical (unpaired) electrons. The number of aromatic nitrogens is 2. The molecule has 1 N–H and O–H groups in total. The van der Waals surface area contributed by atoms with Crippen LogP contribution in [0.2, 0.25) is 0 Å². The van der Waals surface area contributed by atoms with Gasteiger partial charge in [0.25, 0.3) is 5.56 Å². The van der Waals surface area contributed by atoms with E-state index in [0.29, 0.717) is 29.7 Å². The first kappa shape index (κ1) is 9.99. The van der Waals surface area contributed by atoms with Crippen molar-refractivity contribution < 1.29 is 5.11 Å². The van der Waals surface area contributed by atoms with Crippen LogP contribution in [0.1, 0.15) is 18.3 Å². The molecule has 4 nitrogen and oxygen atoms in total. The van der Waals surface area contributed by atoms with Crippen LogP contribution in [-0.4, -0.2) is 14.7 Å². The fourth-order valence-corrected chi connectivity index (χ4v) is 2.42. The Morgan fingerprint density at radius 2 is 2.31 bits per heavy atom. The second-order valence-corrected chi connectivity index (χ2v) is 4.81. The summed E-state index contributed by atoms with van der Waals surface area (Å²) in [4.78, 5) is 16.4. The Bertz CT molecular complexity index is 636. The molecule has 1 aromatic heterocycles. The van der Waals surface area contributed by atoms with E-state index >= 15 is 0 Å². The maximum absolute atomic E-state index is 12.1. The second kappa shape index (κ2) is 3.40. The molecule has 82 valence electrons. The molecule has 0 fully saturated rings. The molecule has 1 aromatic carbocycles. The first-order valence-electron chi connectivity index (χ1n) is 5.05. The lowest BCUT2D eigenvalue weighted by Gasteiger charge is -2.06. The third-order valence-electron chi connectivity index (χ3n) is 2.87. The normalized spacial score (nSPS) is 19.0. The zero-order chi connectivity index (χ0) is 11.3. The van der Waals surface area contributed by atoms with E-state index in [1.165, 1.54) is 0 Å². The summed E-state index contributed by atoms with van der Waals surface area (Å²) >= 11 is 3.33. The van der Waals surface area contributed by atoms with Crippen molar-refractivity contribution in [3.05, 3.63) is 38.9 Å². The monoisotopic (exact) mass is 280 g/mol. The van der Waals surface area contributed by atoms with Gasteiger partial charge in [0.1, 0.15) is 11.9 Å². The van der Waals surface area contributed by atoms with Crippen molar-refractivity contribution in [1.82, 2.24) is 9.55 Å². The van der Waals surface area contributed by atoms with Crippen molar-refractivity contribution in [2.75, 3.05) is 0 Å². The average Bonchev–Trinajstić information content (AvgIpc) is 2.63. The van der Waals surface area contributed by atoms with Gasteiger partial charge < -0.3 is 5.11 Å². The molecule has 0 bridgehead atoms. The van der Waals surface area contributed by atoms with Crippen molar-refractivity contribution in [1.29, 1.82) is 0 Å². The van der Waals surface area contributed by atoms with Gasteiger partial charge in [0.05, 0.1) is 10.9 Å². The molecule has 0 unspecified atom stereocenters. The lowest BCUT2D eigenvalue weighted by Crippen LogP contribution is -2.21. The molecule has 3 rings (SSSR count). The molecule has 2 heterocycles. The minimum Gasteiger partial charge on any atom is -0.385 e. The van der Waals surface area contributed by atoms with Gasteiger partial charge in [-0.15, -0.1) is 0 Å². The highest BCUT2D eigenvalue weighted by Crippen LogP contribution is 2.24. The van der Waals surface area contributed by atoms with Gasteiger partial charge in [0.15, 0.2) is 0 Å². The Labute approximate surface area is 99.7 Å². The minimum absolute atomic E-state index is 0.0714. The lowest BCUT2D eigenvalue weighted by molar-refractivity contribution is 0.176. The number of fused-ring (bicyclic) bond motifs is 2. The first-order chi connectivity index (χ1) is 7.66. The highest BCUT2D eigenvalue weighted by molar-refractivity contribution is 9.10. The molecule has 1 atom stereocenters. The number of rotatable bonds is 0. The standard InChI is InChI=1S/C11H9BrN2O2/c12-6-1-2-8-7(5-6)11(16)14-4-3-9(15)10(14)13-8/h1-2,5,9,15H,3-4H2/t9-/m0/s1. The molecule has 5 heteroatoms. The summed E-state index contributed by atoms with van der Waals surface area (Å²) in [5.74, 6) is 0.486. The third-order valence-corrected chi connectivity index (χ3v) is 3.36. The van der Waals surface area contributed by atoms with Crippen molar-refractivity contribution in [2.45, 2.75) is 19.1 Å². The maximum Gasteiger partial charge on any atom is 0.261 e. The SMILES string of the molecule is O=c1c2cc(Br)ccc2nc2n1CC[C@@H]2O. The smallest absolute Gasteiger partial charge is 0.261 e. The highest BCUT2D eigenvalue weighted by Gasteiger charge is 2.23. The molecule has 0 saturated heterocycles. The zero-order valence-electron chi connectivity index (χ0n) is 8.35. The van der Waals surface area contributed by atoms with E-state index in [4.69, 9.17) is 0 Å². The van der Waals surface area contributed by atoms with Gasteiger partial charge in [-0.2, -0.15) is 0 Å². The Morgan fingerprint density at radius 1 is 1.50 bits per heavy atom. The molecular weight excluding hydrogens is 272 g/mol. The molecule has 0 saturated carbocycles. The van der Waals surface area contributed by atoms with Crippen LogP contribution in [0.15, 0.2) is 27.5 Å². The van der Waals surface area contributed by atoms with Crippen LogP contribution in [0.3, 0.4) is 0 Å². The van der Waals surface area contributed by atoms with Gasteiger partial charge in [0.2, 0.25) is 0 Å². The Balaban J connectivity index is 2.44. The predicted octanol–water partition coefficient (Wildman–Crippen LogP) is 1.60. The molecule has 16 heavy (non-hydrogen) atoms. The van der Waals surface area contributed by atoms with Gasteiger partial charge in [-0.05, 0) is 24.6 Å². The van der Waals surface area contributed by atoms with Crippen molar-refractivity contribution in [3.63, 3.8) is 0 Å². The molecule has 0 aliphatic carbocycles. The van der Waals surface area contributed by atoms with E-state index in [2.05, 4.69) is 20.9 Å². The van der Waals surface area contributed by atoms with E-state index in [9.17, 15) is 9.90 Å².